The van der Waals surface area contributed by atoms with Crippen molar-refractivity contribution >= 4 is 0 Å². The van der Waals surface area contributed by atoms with Gasteiger partial charge in [0.15, 0.2) is 0 Å². The molecule has 0 bridgehead atoms. The summed E-state index contributed by atoms with van der Waals surface area (Å²) in [6.45, 7) is 16.0. The minimum absolute atomic E-state index is 0.884. The van der Waals surface area contributed by atoms with Crippen LogP contribution in [0.1, 0.15) is 61.3 Å². The highest BCUT2D eigenvalue weighted by Crippen LogP contribution is 2.40. The monoisotopic (exact) mass is 198 g/mol. The fraction of sp³-hybridized carbons (Fsp3) is 1.00. The van der Waals surface area contributed by atoms with Gasteiger partial charge >= 0.3 is 0 Å². The zero-order valence-corrected chi connectivity index (χ0v) is 11.3. The molecule has 4 unspecified atom stereocenters. The van der Waals surface area contributed by atoms with E-state index >= 15 is 0 Å². The van der Waals surface area contributed by atoms with Crippen LogP contribution in [0.3, 0.4) is 0 Å². The van der Waals surface area contributed by atoms with Gasteiger partial charge in [-0.25, -0.2) is 0 Å². The van der Waals surface area contributed by atoms with Gasteiger partial charge in [-0.05, 0) is 42.4 Å². The largest absolute Gasteiger partial charge is 0.0683 e. The molecule has 1 saturated carbocycles. The van der Waals surface area contributed by atoms with Gasteiger partial charge in [-0.2, -0.15) is 0 Å². The molecule has 0 heteroatoms. The van der Waals surface area contributed by atoms with E-state index in [2.05, 4.69) is 34.6 Å². The molecule has 1 fully saturated rings. The van der Waals surface area contributed by atoms with Gasteiger partial charge in [0.1, 0.15) is 0 Å². The highest BCUT2D eigenvalue weighted by molar-refractivity contribution is 4.81. The van der Waals surface area contributed by atoms with Crippen LogP contribution >= 0.6 is 0 Å². The van der Waals surface area contributed by atoms with Crippen LogP contribution in [0.5, 0.6) is 0 Å². The molecule has 14 heavy (non-hydrogen) atoms. The second-order valence-corrected chi connectivity index (χ2v) is 5.31. The quantitative estimate of drug-likeness (QED) is 0.557. The van der Waals surface area contributed by atoms with Crippen LogP contribution in [0.25, 0.3) is 0 Å². The highest BCUT2D eigenvalue weighted by atomic mass is 14.4. The van der Waals surface area contributed by atoms with Crippen molar-refractivity contribution in [1.82, 2.24) is 0 Å². The summed E-state index contributed by atoms with van der Waals surface area (Å²) < 4.78 is 0. The highest BCUT2D eigenvalue weighted by Gasteiger charge is 2.31. The Balaban J connectivity index is 0.000000791. The van der Waals surface area contributed by atoms with Crippen LogP contribution in [0, 0.1) is 29.6 Å². The molecule has 1 rings (SSSR count). The standard InChI is InChI=1S/C12H24.C2H6/c1-8(2)12-7-10(4)9(3)6-11(12)5;1-2/h8-12H,6-7H2,1-5H3;1-2H3. The Labute approximate surface area is 91.5 Å². The fourth-order valence-electron chi connectivity index (χ4n) is 2.82. The van der Waals surface area contributed by atoms with Crippen molar-refractivity contribution in [3.05, 3.63) is 0 Å². The third kappa shape index (κ3) is 3.63. The maximum atomic E-state index is 2.44. The van der Waals surface area contributed by atoms with Crippen LogP contribution in [-0.2, 0) is 0 Å². The van der Waals surface area contributed by atoms with Crippen molar-refractivity contribution < 1.29 is 0 Å². The van der Waals surface area contributed by atoms with E-state index in [1.54, 1.807) is 0 Å². The van der Waals surface area contributed by atoms with E-state index in [0.29, 0.717) is 0 Å². The Bertz CT molecular complexity index is 137. The normalized spacial score (nSPS) is 37.7. The van der Waals surface area contributed by atoms with Gasteiger partial charge < -0.3 is 0 Å². The summed E-state index contributed by atoms with van der Waals surface area (Å²) in [5.41, 5.74) is 0. The second-order valence-electron chi connectivity index (χ2n) is 5.31. The van der Waals surface area contributed by atoms with Crippen molar-refractivity contribution in [3.8, 4) is 0 Å². The maximum absolute atomic E-state index is 2.44. The van der Waals surface area contributed by atoms with Gasteiger partial charge in [-0.1, -0.05) is 48.5 Å². The van der Waals surface area contributed by atoms with Crippen LogP contribution in [-0.4, -0.2) is 0 Å². The molecule has 4 atom stereocenters. The minimum Gasteiger partial charge on any atom is -0.0683 e. The molecule has 86 valence electrons. The van der Waals surface area contributed by atoms with E-state index in [0.717, 1.165) is 29.6 Å². The Morgan fingerprint density at radius 1 is 0.786 bits per heavy atom. The summed E-state index contributed by atoms with van der Waals surface area (Å²) in [5.74, 6) is 4.73. The lowest BCUT2D eigenvalue weighted by molar-refractivity contribution is 0.109. The van der Waals surface area contributed by atoms with Crippen LogP contribution < -0.4 is 0 Å². The van der Waals surface area contributed by atoms with E-state index < -0.39 is 0 Å². The zero-order chi connectivity index (χ0) is 11.3. The van der Waals surface area contributed by atoms with Crippen LogP contribution in [0.4, 0.5) is 0 Å². The topological polar surface area (TPSA) is 0 Å². The number of rotatable bonds is 1. The number of hydrogen-bond donors (Lipinski definition) is 0. The molecule has 0 aromatic heterocycles. The lowest BCUT2D eigenvalue weighted by atomic mass is 9.67. The SMILES string of the molecule is CC.CC(C)C1CC(C)C(C)CC1C. The number of hydrogen-bond acceptors (Lipinski definition) is 0. The first-order valence-electron chi connectivity index (χ1n) is 6.52. The van der Waals surface area contributed by atoms with E-state index in [9.17, 15) is 0 Å². The zero-order valence-electron chi connectivity index (χ0n) is 11.3. The Kier molecular flexibility index (Phi) is 6.48. The van der Waals surface area contributed by atoms with Gasteiger partial charge in [-0.15, -0.1) is 0 Å². The lowest BCUT2D eigenvalue weighted by Gasteiger charge is -2.39. The third-order valence-electron chi connectivity index (χ3n) is 3.95. The molecule has 0 saturated heterocycles. The Morgan fingerprint density at radius 2 is 1.21 bits per heavy atom. The molecule has 1 aliphatic rings. The molecule has 1 aliphatic carbocycles. The summed E-state index contributed by atoms with van der Waals surface area (Å²) in [7, 11) is 0. The third-order valence-corrected chi connectivity index (χ3v) is 3.95. The van der Waals surface area contributed by atoms with E-state index in [4.69, 9.17) is 0 Å². The average molecular weight is 198 g/mol. The molecule has 0 amide bonds. The Morgan fingerprint density at radius 3 is 1.64 bits per heavy atom. The molecule has 0 aromatic rings. The molecule has 0 N–H and O–H groups in total. The minimum atomic E-state index is 0.884. The van der Waals surface area contributed by atoms with Gasteiger partial charge in [-0.3, -0.25) is 0 Å². The van der Waals surface area contributed by atoms with Gasteiger partial charge in [0, 0.05) is 0 Å². The molecule has 0 spiro atoms. The fourth-order valence-corrected chi connectivity index (χ4v) is 2.82. The van der Waals surface area contributed by atoms with Crippen molar-refractivity contribution in [3.63, 3.8) is 0 Å². The first kappa shape index (κ1) is 14.0. The van der Waals surface area contributed by atoms with Crippen LogP contribution in [0.2, 0.25) is 0 Å². The van der Waals surface area contributed by atoms with E-state index in [-0.39, 0.29) is 0 Å². The predicted molar refractivity (Wildman–Crippen MR) is 66.4 cm³/mol. The molecular formula is C14H30. The summed E-state index contributed by atoms with van der Waals surface area (Å²) in [6, 6.07) is 0. The van der Waals surface area contributed by atoms with Crippen LogP contribution in [0.15, 0.2) is 0 Å². The summed E-state index contributed by atoms with van der Waals surface area (Å²) >= 11 is 0. The predicted octanol–water partition coefficient (Wildman–Crippen LogP) is 4.99. The Hall–Kier alpha value is 0. The summed E-state index contributed by atoms with van der Waals surface area (Å²) in [4.78, 5) is 0. The van der Waals surface area contributed by atoms with Crippen molar-refractivity contribution in [2.45, 2.75) is 61.3 Å². The van der Waals surface area contributed by atoms with Gasteiger partial charge in [0.25, 0.3) is 0 Å². The smallest absolute Gasteiger partial charge is 0.0363 e. The molecular weight excluding hydrogens is 168 g/mol. The van der Waals surface area contributed by atoms with Crippen molar-refractivity contribution in [2.75, 3.05) is 0 Å². The van der Waals surface area contributed by atoms with E-state index in [1.807, 2.05) is 13.8 Å². The molecule has 0 aromatic carbocycles. The second kappa shape index (κ2) is 6.48. The first-order valence-corrected chi connectivity index (χ1v) is 6.52. The molecule has 0 aliphatic heterocycles. The van der Waals surface area contributed by atoms with Gasteiger partial charge in [0.05, 0.1) is 0 Å². The lowest BCUT2D eigenvalue weighted by Crippen LogP contribution is -2.30. The summed E-state index contributed by atoms with van der Waals surface area (Å²) in [6.07, 6.45) is 2.91. The van der Waals surface area contributed by atoms with Crippen molar-refractivity contribution in [1.29, 1.82) is 0 Å². The first-order chi connectivity index (χ1) is 6.52. The van der Waals surface area contributed by atoms with Crippen molar-refractivity contribution in [2.24, 2.45) is 29.6 Å². The molecule has 0 heterocycles. The maximum Gasteiger partial charge on any atom is -0.0363 e. The molecule has 0 nitrogen and oxygen atoms in total. The van der Waals surface area contributed by atoms with E-state index in [1.165, 1.54) is 12.8 Å². The average Bonchev–Trinajstić information content (AvgIpc) is 2.14. The summed E-state index contributed by atoms with van der Waals surface area (Å²) in [5, 5.41) is 0. The molecule has 0 radical (unpaired) electrons. The van der Waals surface area contributed by atoms with Gasteiger partial charge in [0.2, 0.25) is 0 Å².